The van der Waals surface area contributed by atoms with Crippen LogP contribution in [0.5, 0.6) is 5.75 Å². The number of benzene rings is 2. The summed E-state index contributed by atoms with van der Waals surface area (Å²) in [5, 5.41) is 7.13. The van der Waals surface area contributed by atoms with Gasteiger partial charge in [-0.1, -0.05) is 35.9 Å². The smallest absolute Gasteiger partial charge is 0.257 e. The lowest BCUT2D eigenvalue weighted by Gasteiger charge is -2.05. The summed E-state index contributed by atoms with van der Waals surface area (Å²) in [6, 6.07) is 13.1. The fourth-order valence-electron chi connectivity index (χ4n) is 2.31. The molecule has 1 aromatic heterocycles. The van der Waals surface area contributed by atoms with Crippen LogP contribution in [-0.4, -0.2) is 22.8 Å². The number of rotatable bonds is 5. The molecule has 0 saturated carbocycles. The third-order valence-electron chi connectivity index (χ3n) is 3.57. The number of carbonyl (C=O) groups is 1. The van der Waals surface area contributed by atoms with E-state index in [1.807, 2.05) is 0 Å². The van der Waals surface area contributed by atoms with Gasteiger partial charge in [-0.15, -0.1) is 0 Å². The number of carbonyl (C=O) groups excluding carboxylic acids is 1. The second kappa shape index (κ2) is 7.36. The Labute approximate surface area is 149 Å². The van der Waals surface area contributed by atoms with Crippen molar-refractivity contribution in [3.63, 3.8) is 0 Å². The van der Waals surface area contributed by atoms with Crippen LogP contribution in [0, 0.1) is 5.82 Å². The highest BCUT2D eigenvalue weighted by atomic mass is 35.5. The number of amides is 1. The van der Waals surface area contributed by atoms with E-state index in [0.717, 1.165) is 0 Å². The molecular weight excluding hydrogens is 345 g/mol. The molecule has 3 aromatic rings. The van der Waals surface area contributed by atoms with Crippen LogP contribution in [0.1, 0.15) is 15.9 Å². The molecule has 0 saturated heterocycles. The van der Waals surface area contributed by atoms with Gasteiger partial charge < -0.3 is 10.1 Å². The van der Waals surface area contributed by atoms with Gasteiger partial charge in [0, 0.05) is 17.3 Å². The summed E-state index contributed by atoms with van der Waals surface area (Å²) < 4.78 is 20.3. The van der Waals surface area contributed by atoms with Crippen LogP contribution in [0.15, 0.2) is 54.7 Å². The first kappa shape index (κ1) is 17.0. The molecule has 5 nitrogen and oxygen atoms in total. The molecule has 1 heterocycles. The largest absolute Gasteiger partial charge is 0.497 e. The van der Waals surface area contributed by atoms with E-state index < -0.39 is 0 Å². The van der Waals surface area contributed by atoms with Crippen molar-refractivity contribution in [3.05, 3.63) is 76.7 Å². The molecule has 0 atom stereocenters. The molecule has 25 heavy (non-hydrogen) atoms. The summed E-state index contributed by atoms with van der Waals surface area (Å²) in [7, 11) is 1.53. The number of hydrogen-bond donors (Lipinski definition) is 1. The molecule has 0 fully saturated rings. The fourth-order valence-corrected chi connectivity index (χ4v) is 2.51. The third kappa shape index (κ3) is 3.97. The van der Waals surface area contributed by atoms with Crippen molar-refractivity contribution >= 4 is 23.3 Å². The van der Waals surface area contributed by atoms with Crippen LogP contribution in [0.25, 0.3) is 0 Å². The zero-order valence-corrected chi connectivity index (χ0v) is 14.1. The molecule has 7 heteroatoms. The van der Waals surface area contributed by atoms with Crippen molar-refractivity contribution in [2.45, 2.75) is 6.54 Å². The van der Waals surface area contributed by atoms with E-state index in [1.54, 1.807) is 42.5 Å². The fraction of sp³-hybridized carbons (Fsp3) is 0.111. The van der Waals surface area contributed by atoms with E-state index in [4.69, 9.17) is 16.3 Å². The van der Waals surface area contributed by atoms with E-state index in [1.165, 1.54) is 24.1 Å². The lowest BCUT2D eigenvalue weighted by Crippen LogP contribution is -2.13. The van der Waals surface area contributed by atoms with Crippen LogP contribution in [0.4, 0.5) is 10.2 Å². The maximum atomic E-state index is 13.7. The molecule has 0 unspecified atom stereocenters. The lowest BCUT2D eigenvalue weighted by molar-refractivity contribution is 0.102. The summed E-state index contributed by atoms with van der Waals surface area (Å²) in [5.74, 6) is 0.0997. The van der Waals surface area contributed by atoms with Crippen LogP contribution in [0.2, 0.25) is 5.02 Å². The van der Waals surface area contributed by atoms with Gasteiger partial charge in [-0.2, -0.15) is 5.10 Å². The van der Waals surface area contributed by atoms with Gasteiger partial charge in [0.05, 0.1) is 13.7 Å². The Kier molecular flexibility index (Phi) is 5.00. The predicted molar refractivity (Wildman–Crippen MR) is 93.7 cm³/mol. The molecule has 3 rings (SSSR count). The highest BCUT2D eigenvalue weighted by Crippen LogP contribution is 2.22. The Bertz CT molecular complexity index is 911. The van der Waals surface area contributed by atoms with Gasteiger partial charge in [-0.05, 0) is 24.3 Å². The Morgan fingerprint density at radius 1 is 1.28 bits per heavy atom. The summed E-state index contributed by atoms with van der Waals surface area (Å²) in [4.78, 5) is 12.3. The van der Waals surface area contributed by atoms with Gasteiger partial charge in [0.1, 0.15) is 16.6 Å². The number of methoxy groups -OCH3 is 1. The van der Waals surface area contributed by atoms with Crippen LogP contribution in [0.3, 0.4) is 0 Å². The summed E-state index contributed by atoms with van der Waals surface area (Å²) >= 11 is 6.12. The molecule has 1 amide bonds. The highest BCUT2D eigenvalue weighted by molar-refractivity contribution is 6.33. The average molecular weight is 360 g/mol. The first-order valence-corrected chi connectivity index (χ1v) is 7.86. The van der Waals surface area contributed by atoms with Crippen molar-refractivity contribution in [1.82, 2.24) is 9.78 Å². The molecule has 2 aromatic carbocycles. The molecule has 0 aliphatic rings. The summed E-state index contributed by atoms with van der Waals surface area (Å²) in [6.07, 6.45) is 1.54. The first-order chi connectivity index (χ1) is 12.1. The Hall–Kier alpha value is -2.86. The molecule has 0 aliphatic heterocycles. The van der Waals surface area contributed by atoms with Crippen LogP contribution >= 0.6 is 11.6 Å². The van der Waals surface area contributed by atoms with Crippen LogP contribution in [-0.2, 0) is 6.54 Å². The molecule has 0 aliphatic carbocycles. The molecule has 0 bridgehead atoms. The number of nitrogens with one attached hydrogen (secondary N) is 1. The second-order valence-corrected chi connectivity index (χ2v) is 5.71. The van der Waals surface area contributed by atoms with Gasteiger partial charge in [-0.25, -0.2) is 4.39 Å². The minimum atomic E-state index is -0.364. The maximum absolute atomic E-state index is 13.7. The van der Waals surface area contributed by atoms with Gasteiger partial charge >= 0.3 is 0 Å². The monoisotopic (exact) mass is 359 g/mol. The van der Waals surface area contributed by atoms with E-state index in [-0.39, 0.29) is 29.1 Å². The van der Waals surface area contributed by atoms with Crippen LogP contribution < -0.4 is 10.1 Å². The van der Waals surface area contributed by atoms with Crippen molar-refractivity contribution in [2.24, 2.45) is 0 Å². The normalized spacial score (nSPS) is 10.5. The molecule has 1 N–H and O–H groups in total. The van der Waals surface area contributed by atoms with E-state index >= 15 is 0 Å². The zero-order chi connectivity index (χ0) is 17.8. The molecule has 128 valence electrons. The zero-order valence-electron chi connectivity index (χ0n) is 13.4. The summed E-state index contributed by atoms with van der Waals surface area (Å²) in [5.41, 5.74) is 0.895. The number of anilines is 1. The van der Waals surface area contributed by atoms with Gasteiger partial charge in [0.2, 0.25) is 0 Å². The molecule has 0 radical (unpaired) electrons. The van der Waals surface area contributed by atoms with E-state index in [9.17, 15) is 9.18 Å². The van der Waals surface area contributed by atoms with Crippen molar-refractivity contribution in [1.29, 1.82) is 0 Å². The number of aromatic nitrogens is 2. The number of nitrogens with zero attached hydrogens (tertiary/aromatic N) is 2. The Balaban J connectivity index is 1.76. The number of ether oxygens (including phenoxy) is 1. The number of halogens is 2. The Morgan fingerprint density at radius 2 is 2.08 bits per heavy atom. The van der Waals surface area contributed by atoms with E-state index in [2.05, 4.69) is 10.4 Å². The van der Waals surface area contributed by atoms with E-state index in [0.29, 0.717) is 16.9 Å². The summed E-state index contributed by atoms with van der Waals surface area (Å²) in [6.45, 7) is 0.210. The topological polar surface area (TPSA) is 56.1 Å². The molecular formula is C18H15ClFN3O2. The maximum Gasteiger partial charge on any atom is 0.257 e. The van der Waals surface area contributed by atoms with Crippen molar-refractivity contribution in [2.75, 3.05) is 12.4 Å². The van der Waals surface area contributed by atoms with Gasteiger partial charge in [-0.3, -0.25) is 9.48 Å². The van der Waals surface area contributed by atoms with Gasteiger partial charge in [0.15, 0.2) is 5.82 Å². The standard InChI is InChI=1S/C18H15ClFN3O2/c1-25-14-7-4-6-12(9-14)18(24)21-17-15(19)11-23(22-17)10-13-5-2-3-8-16(13)20/h2-9,11H,10H2,1H3,(H,21,22,24). The third-order valence-corrected chi connectivity index (χ3v) is 3.85. The van der Waals surface area contributed by atoms with Crippen molar-refractivity contribution in [3.8, 4) is 5.75 Å². The quantitative estimate of drug-likeness (QED) is 0.749. The second-order valence-electron chi connectivity index (χ2n) is 5.30. The SMILES string of the molecule is COc1cccc(C(=O)Nc2nn(Cc3ccccc3F)cc2Cl)c1. The molecule has 0 spiro atoms. The minimum absolute atomic E-state index is 0.210. The van der Waals surface area contributed by atoms with Crippen molar-refractivity contribution < 1.29 is 13.9 Å². The number of hydrogen-bond acceptors (Lipinski definition) is 3. The Morgan fingerprint density at radius 3 is 2.84 bits per heavy atom. The average Bonchev–Trinajstić information content (AvgIpc) is 2.96. The highest BCUT2D eigenvalue weighted by Gasteiger charge is 2.13. The lowest BCUT2D eigenvalue weighted by atomic mass is 10.2. The van der Waals surface area contributed by atoms with Gasteiger partial charge in [0.25, 0.3) is 5.91 Å². The minimum Gasteiger partial charge on any atom is -0.497 e. The predicted octanol–water partition coefficient (Wildman–Crippen LogP) is 3.98. The first-order valence-electron chi connectivity index (χ1n) is 7.48.